The van der Waals surface area contributed by atoms with Crippen molar-refractivity contribution in [1.82, 2.24) is 4.98 Å². The van der Waals surface area contributed by atoms with Gasteiger partial charge in [-0.15, -0.1) is 0 Å². The van der Waals surface area contributed by atoms with Crippen LogP contribution in [0.1, 0.15) is 18.9 Å². The molecular formula is C12H12F3NO2S. The summed E-state index contributed by atoms with van der Waals surface area (Å²) in [6.07, 6.45) is -2.80. The lowest BCUT2D eigenvalue weighted by molar-refractivity contribution is -0.137. The summed E-state index contributed by atoms with van der Waals surface area (Å²) < 4.78 is 62.4. The molecule has 104 valence electrons. The summed E-state index contributed by atoms with van der Waals surface area (Å²) in [5, 5.41) is 0.293. The molecule has 0 radical (unpaired) electrons. The zero-order valence-electron chi connectivity index (χ0n) is 10.1. The highest BCUT2D eigenvalue weighted by molar-refractivity contribution is 7.91. The molecule has 0 amide bonds. The van der Waals surface area contributed by atoms with E-state index >= 15 is 0 Å². The molecular weight excluding hydrogens is 279 g/mol. The van der Waals surface area contributed by atoms with E-state index in [0.717, 1.165) is 6.07 Å². The molecule has 0 atom stereocenters. The minimum atomic E-state index is -4.57. The van der Waals surface area contributed by atoms with Crippen molar-refractivity contribution in [2.45, 2.75) is 24.4 Å². The van der Waals surface area contributed by atoms with Gasteiger partial charge in [0.25, 0.3) is 0 Å². The first-order chi connectivity index (χ1) is 8.75. The number of alkyl halides is 3. The summed E-state index contributed by atoms with van der Waals surface area (Å²) in [6.45, 7) is 1.67. The molecule has 0 aliphatic carbocycles. The monoisotopic (exact) mass is 291 g/mol. The Kier molecular flexibility index (Phi) is 3.34. The van der Waals surface area contributed by atoms with E-state index in [2.05, 4.69) is 4.98 Å². The van der Waals surface area contributed by atoms with E-state index < -0.39 is 21.6 Å². The number of rotatable bonds is 3. The van der Waals surface area contributed by atoms with E-state index in [-0.39, 0.29) is 16.2 Å². The molecule has 0 saturated heterocycles. The summed E-state index contributed by atoms with van der Waals surface area (Å²) in [5.74, 6) is -0.172. The number of sulfone groups is 1. The number of nitrogens with one attached hydrogen (secondary N) is 1. The number of aromatic nitrogens is 1. The van der Waals surface area contributed by atoms with Crippen molar-refractivity contribution in [1.29, 1.82) is 0 Å². The van der Waals surface area contributed by atoms with Crippen molar-refractivity contribution < 1.29 is 21.6 Å². The number of hydrogen-bond donors (Lipinski definition) is 1. The molecule has 3 nitrogen and oxygen atoms in total. The lowest BCUT2D eigenvalue weighted by Crippen LogP contribution is -2.10. The zero-order valence-corrected chi connectivity index (χ0v) is 10.9. The van der Waals surface area contributed by atoms with Crippen LogP contribution < -0.4 is 0 Å². The molecule has 1 heterocycles. The Morgan fingerprint density at radius 2 is 1.95 bits per heavy atom. The molecule has 0 unspecified atom stereocenters. The number of halogens is 3. The number of hydrogen-bond acceptors (Lipinski definition) is 2. The third kappa shape index (κ3) is 2.60. The minimum absolute atomic E-state index is 0.171. The summed E-state index contributed by atoms with van der Waals surface area (Å²) in [5.41, 5.74) is -0.790. The quantitative estimate of drug-likeness (QED) is 0.942. The van der Waals surface area contributed by atoms with Gasteiger partial charge in [-0.05, 0) is 24.6 Å². The topological polar surface area (TPSA) is 49.9 Å². The highest BCUT2D eigenvalue weighted by Gasteiger charge is 2.33. The van der Waals surface area contributed by atoms with Crippen LogP contribution in [0.25, 0.3) is 10.9 Å². The van der Waals surface area contributed by atoms with Crippen LogP contribution in [-0.2, 0) is 16.0 Å². The van der Waals surface area contributed by atoms with Crippen molar-refractivity contribution in [3.8, 4) is 0 Å². The van der Waals surface area contributed by atoms with Crippen LogP contribution in [0.5, 0.6) is 0 Å². The average molecular weight is 291 g/mol. The molecule has 0 aliphatic heterocycles. The lowest BCUT2D eigenvalue weighted by atomic mass is 10.1. The van der Waals surface area contributed by atoms with Gasteiger partial charge in [-0.2, -0.15) is 13.2 Å². The van der Waals surface area contributed by atoms with Gasteiger partial charge in [-0.3, -0.25) is 0 Å². The predicted molar refractivity (Wildman–Crippen MR) is 65.6 cm³/mol. The van der Waals surface area contributed by atoms with Crippen LogP contribution in [-0.4, -0.2) is 19.2 Å². The van der Waals surface area contributed by atoms with Crippen molar-refractivity contribution in [2.24, 2.45) is 0 Å². The van der Waals surface area contributed by atoms with Crippen molar-refractivity contribution >= 4 is 20.7 Å². The number of aromatic amines is 1. The second-order valence-electron chi connectivity index (χ2n) is 4.23. The maximum Gasteiger partial charge on any atom is 0.416 e. The first-order valence-corrected chi connectivity index (χ1v) is 7.32. The molecule has 1 aromatic carbocycles. The fraction of sp³-hybridized carbons (Fsp3) is 0.333. The minimum Gasteiger partial charge on any atom is -0.361 e. The van der Waals surface area contributed by atoms with Gasteiger partial charge in [0.15, 0.2) is 9.84 Å². The van der Waals surface area contributed by atoms with E-state index in [0.29, 0.717) is 17.9 Å². The molecule has 2 aromatic rings. The summed E-state index contributed by atoms with van der Waals surface area (Å²) >= 11 is 0. The molecule has 2 rings (SSSR count). The Hall–Kier alpha value is -1.50. The maximum atomic E-state index is 12.8. The van der Waals surface area contributed by atoms with Gasteiger partial charge in [0, 0.05) is 17.1 Å². The Bertz CT molecular complexity index is 701. The Balaban J connectivity index is 2.75. The number of H-pyrrole nitrogens is 1. The van der Waals surface area contributed by atoms with Gasteiger partial charge in [-0.1, -0.05) is 6.92 Å². The van der Waals surface area contributed by atoms with Gasteiger partial charge in [0.2, 0.25) is 0 Å². The summed E-state index contributed by atoms with van der Waals surface area (Å²) in [4.78, 5) is 2.36. The SMILES string of the molecule is CCCS(=O)(=O)c1cc(C(F)(F)F)cc2[nH]ccc12. The van der Waals surface area contributed by atoms with E-state index in [1.54, 1.807) is 6.92 Å². The highest BCUT2D eigenvalue weighted by Crippen LogP contribution is 2.34. The van der Waals surface area contributed by atoms with Crippen molar-refractivity contribution in [3.63, 3.8) is 0 Å². The molecule has 1 aromatic heterocycles. The van der Waals surface area contributed by atoms with Crippen LogP contribution in [0.15, 0.2) is 29.3 Å². The molecule has 0 saturated carbocycles. The molecule has 7 heteroatoms. The van der Waals surface area contributed by atoms with Gasteiger partial charge in [-0.25, -0.2) is 8.42 Å². The molecule has 0 bridgehead atoms. The van der Waals surface area contributed by atoms with E-state index in [1.807, 2.05) is 0 Å². The molecule has 0 fully saturated rings. The predicted octanol–water partition coefficient (Wildman–Crippen LogP) is 3.37. The van der Waals surface area contributed by atoms with Gasteiger partial charge in [0.05, 0.1) is 16.2 Å². The Morgan fingerprint density at radius 1 is 1.26 bits per heavy atom. The number of benzene rings is 1. The first-order valence-electron chi connectivity index (χ1n) is 5.67. The number of fused-ring (bicyclic) bond motifs is 1. The average Bonchev–Trinajstić information content (AvgIpc) is 2.73. The molecule has 0 aliphatic rings. The first kappa shape index (κ1) is 13.9. The third-order valence-corrected chi connectivity index (χ3v) is 4.72. The second-order valence-corrected chi connectivity index (χ2v) is 6.31. The van der Waals surface area contributed by atoms with Crippen LogP contribution in [0.2, 0.25) is 0 Å². The molecule has 0 spiro atoms. The Morgan fingerprint density at radius 3 is 2.53 bits per heavy atom. The van der Waals surface area contributed by atoms with Crippen LogP contribution in [0.4, 0.5) is 13.2 Å². The van der Waals surface area contributed by atoms with Crippen molar-refractivity contribution in [2.75, 3.05) is 5.75 Å². The van der Waals surface area contributed by atoms with Crippen LogP contribution in [0, 0.1) is 0 Å². The standard InChI is InChI=1S/C12H12F3NO2S/c1-2-5-19(17,18)11-7-8(12(13,14)15)6-10-9(11)3-4-16-10/h3-4,6-7,16H,2,5H2,1H3. The third-order valence-electron chi connectivity index (χ3n) is 2.77. The maximum absolute atomic E-state index is 12.8. The molecule has 1 N–H and O–H groups in total. The van der Waals surface area contributed by atoms with Gasteiger partial charge in [0.1, 0.15) is 0 Å². The second kappa shape index (κ2) is 4.56. The van der Waals surface area contributed by atoms with E-state index in [1.165, 1.54) is 12.3 Å². The largest absolute Gasteiger partial charge is 0.416 e. The van der Waals surface area contributed by atoms with Gasteiger partial charge >= 0.3 is 6.18 Å². The summed E-state index contributed by atoms with van der Waals surface area (Å²) in [6, 6.07) is 3.10. The smallest absolute Gasteiger partial charge is 0.361 e. The van der Waals surface area contributed by atoms with E-state index in [9.17, 15) is 21.6 Å². The van der Waals surface area contributed by atoms with Crippen LogP contribution in [0.3, 0.4) is 0 Å². The summed E-state index contributed by atoms with van der Waals surface area (Å²) in [7, 11) is -3.71. The normalized spacial score (nSPS) is 13.1. The van der Waals surface area contributed by atoms with E-state index in [4.69, 9.17) is 0 Å². The highest BCUT2D eigenvalue weighted by atomic mass is 32.2. The zero-order chi connectivity index (χ0) is 14.3. The fourth-order valence-electron chi connectivity index (χ4n) is 1.93. The van der Waals surface area contributed by atoms with Crippen LogP contribution >= 0.6 is 0 Å². The van der Waals surface area contributed by atoms with Crippen molar-refractivity contribution in [3.05, 3.63) is 30.0 Å². The Labute approximate surface area is 108 Å². The fourth-order valence-corrected chi connectivity index (χ4v) is 3.51. The lowest BCUT2D eigenvalue weighted by Gasteiger charge is -2.11. The van der Waals surface area contributed by atoms with Gasteiger partial charge < -0.3 is 4.98 Å². The molecule has 19 heavy (non-hydrogen) atoms.